The number of benzene rings is 1. The number of thiophene rings is 1. The summed E-state index contributed by atoms with van der Waals surface area (Å²) >= 11 is 1.69. The molecule has 0 unspecified atom stereocenters. The number of rotatable bonds is 3. The number of carbonyl (C=O) groups excluding carboxylic acids is 1. The molecule has 24 heavy (non-hydrogen) atoms. The molecule has 2 saturated heterocycles. The monoisotopic (exact) mass is 338 g/mol. The molecule has 4 heterocycles. The van der Waals surface area contributed by atoms with Gasteiger partial charge in [0.15, 0.2) is 0 Å². The molecule has 122 valence electrons. The maximum absolute atomic E-state index is 12.7. The molecule has 0 aliphatic carbocycles. The molecular formula is C18H18N4OS. The van der Waals surface area contributed by atoms with Crippen LogP contribution in [0, 0.1) is 0 Å². The average Bonchev–Trinajstić information content (AvgIpc) is 3.36. The van der Waals surface area contributed by atoms with E-state index in [0.717, 1.165) is 23.1 Å². The van der Waals surface area contributed by atoms with Gasteiger partial charge in [0, 0.05) is 51.5 Å². The second-order valence-corrected chi connectivity index (χ2v) is 7.58. The molecule has 2 bridgehead atoms. The molecule has 0 radical (unpaired) electrons. The van der Waals surface area contributed by atoms with Gasteiger partial charge in [0.2, 0.25) is 0 Å². The van der Waals surface area contributed by atoms with E-state index in [9.17, 15) is 4.79 Å². The Hall–Kier alpha value is -2.18. The van der Waals surface area contributed by atoms with Crippen molar-refractivity contribution in [2.45, 2.75) is 37.4 Å². The quantitative estimate of drug-likeness (QED) is 0.772. The number of hydrogen-bond acceptors (Lipinski definition) is 4. The highest BCUT2D eigenvalue weighted by Crippen LogP contribution is 2.31. The zero-order valence-electron chi connectivity index (χ0n) is 13.1. The highest BCUT2D eigenvalue weighted by atomic mass is 32.1. The average molecular weight is 338 g/mol. The van der Waals surface area contributed by atoms with Crippen molar-refractivity contribution >= 4 is 27.3 Å². The predicted octanol–water partition coefficient (Wildman–Crippen LogP) is 2.71. The number of amides is 1. The summed E-state index contributed by atoms with van der Waals surface area (Å²) in [6.45, 7) is 0. The molecule has 2 aromatic heterocycles. The van der Waals surface area contributed by atoms with Gasteiger partial charge in [-0.25, -0.2) is 4.98 Å². The van der Waals surface area contributed by atoms with Crippen LogP contribution in [0.25, 0.3) is 15.8 Å². The van der Waals surface area contributed by atoms with Gasteiger partial charge in [-0.3, -0.25) is 4.79 Å². The number of nitrogens with zero attached hydrogens (tertiary/aromatic N) is 2. The minimum absolute atomic E-state index is 0.0269. The van der Waals surface area contributed by atoms with Crippen molar-refractivity contribution in [3.05, 3.63) is 47.9 Å². The molecule has 5 nitrogen and oxygen atoms in total. The summed E-state index contributed by atoms with van der Waals surface area (Å²) < 4.78 is 3.16. The molecule has 2 aliphatic rings. The second-order valence-electron chi connectivity index (χ2n) is 6.66. The Bertz CT molecular complexity index is 901. The van der Waals surface area contributed by atoms with Crippen LogP contribution in [0.3, 0.4) is 0 Å². The molecule has 3 aromatic rings. The lowest BCUT2D eigenvalue weighted by molar-refractivity contribution is 0.0931. The first-order chi connectivity index (χ1) is 11.8. The van der Waals surface area contributed by atoms with Crippen molar-refractivity contribution in [1.29, 1.82) is 0 Å². The van der Waals surface area contributed by atoms with Gasteiger partial charge < -0.3 is 15.2 Å². The lowest BCUT2D eigenvalue weighted by Gasteiger charge is -2.21. The van der Waals surface area contributed by atoms with Gasteiger partial charge >= 0.3 is 0 Å². The number of carbonyl (C=O) groups is 1. The SMILES string of the molecule is O=C(N[C@@H]1C[C@H]2CC[C@@H]1N2)c1ccc2scc(-n3ccnc3)c2c1. The van der Waals surface area contributed by atoms with Crippen LogP contribution in [0.15, 0.2) is 42.3 Å². The van der Waals surface area contributed by atoms with Crippen molar-refractivity contribution in [2.24, 2.45) is 0 Å². The number of fused-ring (bicyclic) bond motifs is 3. The fourth-order valence-electron chi connectivity index (χ4n) is 3.99. The molecule has 0 spiro atoms. The molecule has 2 aliphatic heterocycles. The van der Waals surface area contributed by atoms with Crippen LogP contribution in [-0.2, 0) is 0 Å². The van der Waals surface area contributed by atoms with Crippen LogP contribution >= 0.6 is 11.3 Å². The van der Waals surface area contributed by atoms with E-state index in [1.54, 1.807) is 23.9 Å². The van der Waals surface area contributed by atoms with Crippen LogP contribution in [0.5, 0.6) is 0 Å². The fraction of sp³-hybridized carbons (Fsp3) is 0.333. The van der Waals surface area contributed by atoms with Crippen molar-refractivity contribution < 1.29 is 4.79 Å². The highest BCUT2D eigenvalue weighted by molar-refractivity contribution is 7.17. The van der Waals surface area contributed by atoms with Crippen molar-refractivity contribution in [3.8, 4) is 5.69 Å². The summed E-state index contributed by atoms with van der Waals surface area (Å²) in [4.78, 5) is 16.8. The third kappa shape index (κ3) is 2.25. The van der Waals surface area contributed by atoms with E-state index in [4.69, 9.17) is 0 Å². The molecule has 3 atom stereocenters. The summed E-state index contributed by atoms with van der Waals surface area (Å²) in [6, 6.07) is 7.26. The highest BCUT2D eigenvalue weighted by Gasteiger charge is 2.39. The summed E-state index contributed by atoms with van der Waals surface area (Å²) in [7, 11) is 0. The summed E-state index contributed by atoms with van der Waals surface area (Å²) in [5, 5.41) is 9.98. The van der Waals surface area contributed by atoms with Crippen LogP contribution in [-0.4, -0.2) is 33.6 Å². The van der Waals surface area contributed by atoms with E-state index >= 15 is 0 Å². The third-order valence-corrected chi connectivity index (χ3v) is 6.17. The van der Waals surface area contributed by atoms with Gasteiger partial charge in [0.25, 0.3) is 5.91 Å². The topological polar surface area (TPSA) is 59.0 Å². The molecule has 2 N–H and O–H groups in total. The Balaban J connectivity index is 1.44. The number of imidazole rings is 1. The van der Waals surface area contributed by atoms with E-state index in [2.05, 4.69) is 21.0 Å². The summed E-state index contributed by atoms with van der Waals surface area (Å²) in [6.07, 6.45) is 8.94. The maximum atomic E-state index is 12.7. The van der Waals surface area contributed by atoms with Crippen molar-refractivity contribution in [3.63, 3.8) is 0 Å². The van der Waals surface area contributed by atoms with Crippen molar-refractivity contribution in [2.75, 3.05) is 0 Å². The normalized spacial score (nSPS) is 25.4. The van der Waals surface area contributed by atoms with Gasteiger partial charge in [0.05, 0.1) is 12.0 Å². The van der Waals surface area contributed by atoms with E-state index < -0.39 is 0 Å². The molecule has 1 amide bonds. The van der Waals surface area contributed by atoms with Gasteiger partial charge in [0.1, 0.15) is 0 Å². The molecule has 2 fully saturated rings. The van der Waals surface area contributed by atoms with Crippen LogP contribution in [0.1, 0.15) is 29.6 Å². The smallest absolute Gasteiger partial charge is 0.251 e. The number of aromatic nitrogens is 2. The Morgan fingerprint density at radius 1 is 1.38 bits per heavy atom. The zero-order chi connectivity index (χ0) is 16.1. The Kier molecular flexibility index (Phi) is 3.21. The summed E-state index contributed by atoms with van der Waals surface area (Å²) in [5.74, 6) is 0.0269. The Labute approximate surface area is 143 Å². The molecule has 5 rings (SSSR count). The zero-order valence-corrected chi connectivity index (χ0v) is 13.9. The predicted molar refractivity (Wildman–Crippen MR) is 94.8 cm³/mol. The van der Waals surface area contributed by atoms with E-state index in [-0.39, 0.29) is 11.9 Å². The number of nitrogens with one attached hydrogen (secondary N) is 2. The minimum Gasteiger partial charge on any atom is -0.348 e. The fourth-order valence-corrected chi connectivity index (χ4v) is 4.92. The molecule has 6 heteroatoms. The lowest BCUT2D eigenvalue weighted by atomic mass is 9.95. The lowest BCUT2D eigenvalue weighted by Crippen LogP contribution is -2.42. The molecule has 1 aromatic carbocycles. The standard InChI is InChI=1S/C18H18N4OS/c23-18(21-15-8-12-2-3-14(15)20-12)11-1-4-17-13(7-11)16(9-24-17)22-6-5-19-10-22/h1,4-7,9-10,12,14-15,20H,2-3,8H2,(H,21,23)/t12-,14+,15-/m1/s1. The molecule has 0 saturated carbocycles. The van der Waals surface area contributed by atoms with E-state index in [1.807, 2.05) is 29.0 Å². The first-order valence-corrected chi connectivity index (χ1v) is 9.22. The summed E-state index contributed by atoms with van der Waals surface area (Å²) in [5.41, 5.74) is 1.80. The van der Waals surface area contributed by atoms with E-state index in [1.165, 1.54) is 17.5 Å². The maximum Gasteiger partial charge on any atom is 0.251 e. The Morgan fingerprint density at radius 2 is 2.33 bits per heavy atom. The van der Waals surface area contributed by atoms with Gasteiger partial charge in [-0.1, -0.05) is 0 Å². The van der Waals surface area contributed by atoms with Crippen LogP contribution in [0.4, 0.5) is 0 Å². The first-order valence-electron chi connectivity index (χ1n) is 8.34. The first kappa shape index (κ1) is 14.2. The largest absolute Gasteiger partial charge is 0.348 e. The van der Waals surface area contributed by atoms with Gasteiger partial charge in [-0.15, -0.1) is 11.3 Å². The third-order valence-electron chi connectivity index (χ3n) is 5.21. The minimum atomic E-state index is 0.0269. The van der Waals surface area contributed by atoms with Crippen molar-refractivity contribution in [1.82, 2.24) is 20.2 Å². The molecular weight excluding hydrogens is 320 g/mol. The Morgan fingerprint density at radius 3 is 3.08 bits per heavy atom. The number of hydrogen-bond donors (Lipinski definition) is 2. The van der Waals surface area contributed by atoms with Crippen LogP contribution < -0.4 is 10.6 Å². The van der Waals surface area contributed by atoms with Gasteiger partial charge in [-0.2, -0.15) is 0 Å². The van der Waals surface area contributed by atoms with Crippen LogP contribution in [0.2, 0.25) is 0 Å². The van der Waals surface area contributed by atoms with Gasteiger partial charge in [-0.05, 0) is 37.5 Å². The van der Waals surface area contributed by atoms with E-state index in [0.29, 0.717) is 12.1 Å². The second kappa shape index (κ2) is 5.43.